The minimum atomic E-state index is -0.806. The van der Waals surface area contributed by atoms with Gasteiger partial charge in [-0.05, 0) is 28.3 Å². The molecule has 1 aliphatic carbocycles. The van der Waals surface area contributed by atoms with E-state index in [1.807, 2.05) is 24.3 Å². The summed E-state index contributed by atoms with van der Waals surface area (Å²) in [6.07, 6.45) is 1.98. The third kappa shape index (κ3) is 3.49. The molecule has 1 heterocycles. The highest BCUT2D eigenvalue weighted by molar-refractivity contribution is 5.79. The SMILES string of the molecule is CN(CC(O)c1cccnc1)C(=O)OCC1c2ccccc2-c2ccccc21. The first-order valence-corrected chi connectivity index (χ1v) is 9.29. The normalized spacial score (nSPS) is 13.5. The average Bonchev–Trinajstić information content (AvgIpc) is 3.06. The summed E-state index contributed by atoms with van der Waals surface area (Å²) in [6, 6.07) is 20.0. The second-order valence-electron chi connectivity index (χ2n) is 6.99. The summed E-state index contributed by atoms with van der Waals surface area (Å²) in [5.41, 5.74) is 5.41. The molecule has 0 aliphatic heterocycles. The van der Waals surface area contributed by atoms with Crippen molar-refractivity contribution in [3.05, 3.63) is 89.7 Å². The Kier molecular flexibility index (Phi) is 5.08. The molecule has 1 aromatic heterocycles. The molecule has 28 heavy (non-hydrogen) atoms. The fourth-order valence-corrected chi connectivity index (χ4v) is 3.72. The Bertz CT molecular complexity index is 929. The van der Waals surface area contributed by atoms with E-state index >= 15 is 0 Å². The van der Waals surface area contributed by atoms with Crippen molar-refractivity contribution < 1.29 is 14.6 Å². The Balaban J connectivity index is 1.42. The van der Waals surface area contributed by atoms with Crippen LogP contribution in [0.5, 0.6) is 0 Å². The standard InChI is InChI=1S/C23H22N2O3/c1-25(14-22(26)16-7-6-12-24-13-16)23(27)28-15-21-19-10-4-2-8-17(19)18-9-3-5-11-20(18)21/h2-13,21-22,26H,14-15H2,1H3. The van der Waals surface area contributed by atoms with Gasteiger partial charge in [0, 0.05) is 30.9 Å². The molecule has 1 unspecified atom stereocenters. The van der Waals surface area contributed by atoms with Gasteiger partial charge in [0.15, 0.2) is 0 Å². The molecular weight excluding hydrogens is 352 g/mol. The van der Waals surface area contributed by atoms with E-state index in [2.05, 4.69) is 29.2 Å². The van der Waals surface area contributed by atoms with Crippen LogP contribution in [-0.4, -0.2) is 41.3 Å². The topological polar surface area (TPSA) is 62.7 Å². The molecule has 1 amide bonds. The first-order valence-electron chi connectivity index (χ1n) is 9.29. The molecular formula is C23H22N2O3. The number of aromatic nitrogens is 1. The molecule has 5 nitrogen and oxygen atoms in total. The number of aliphatic hydroxyl groups excluding tert-OH is 1. The number of ether oxygens (including phenoxy) is 1. The molecule has 1 aliphatic rings. The molecule has 0 bridgehead atoms. The predicted octanol–water partition coefficient (Wildman–Crippen LogP) is 4.00. The van der Waals surface area contributed by atoms with Crippen LogP contribution in [0.4, 0.5) is 4.79 Å². The summed E-state index contributed by atoms with van der Waals surface area (Å²) < 4.78 is 5.60. The van der Waals surface area contributed by atoms with E-state index in [1.165, 1.54) is 27.2 Å². The largest absolute Gasteiger partial charge is 0.448 e. The van der Waals surface area contributed by atoms with Crippen molar-refractivity contribution >= 4 is 6.09 Å². The maximum atomic E-state index is 12.5. The molecule has 0 saturated carbocycles. The van der Waals surface area contributed by atoms with Crippen molar-refractivity contribution in [1.29, 1.82) is 0 Å². The van der Waals surface area contributed by atoms with Crippen LogP contribution in [0.25, 0.3) is 11.1 Å². The first-order chi connectivity index (χ1) is 13.6. The van der Waals surface area contributed by atoms with E-state index in [0.29, 0.717) is 5.56 Å². The van der Waals surface area contributed by atoms with Crippen LogP contribution in [0.1, 0.15) is 28.7 Å². The molecule has 0 radical (unpaired) electrons. The Morgan fingerprint density at radius 1 is 1.07 bits per heavy atom. The van der Waals surface area contributed by atoms with Crippen molar-refractivity contribution in [3.8, 4) is 11.1 Å². The van der Waals surface area contributed by atoms with E-state index in [1.54, 1.807) is 31.6 Å². The van der Waals surface area contributed by atoms with E-state index < -0.39 is 12.2 Å². The van der Waals surface area contributed by atoms with E-state index in [-0.39, 0.29) is 19.1 Å². The number of pyridine rings is 1. The van der Waals surface area contributed by atoms with Crippen LogP contribution >= 0.6 is 0 Å². The van der Waals surface area contributed by atoms with Gasteiger partial charge in [0.2, 0.25) is 0 Å². The lowest BCUT2D eigenvalue weighted by molar-refractivity contribution is 0.0813. The lowest BCUT2D eigenvalue weighted by Gasteiger charge is -2.22. The minimum absolute atomic E-state index is 0.0213. The average molecular weight is 374 g/mol. The van der Waals surface area contributed by atoms with E-state index in [9.17, 15) is 9.90 Å². The smallest absolute Gasteiger partial charge is 0.409 e. The second kappa shape index (κ2) is 7.82. The number of rotatable bonds is 5. The molecule has 1 atom stereocenters. The van der Waals surface area contributed by atoms with Crippen molar-refractivity contribution in [3.63, 3.8) is 0 Å². The van der Waals surface area contributed by atoms with Gasteiger partial charge in [-0.15, -0.1) is 0 Å². The summed E-state index contributed by atoms with van der Waals surface area (Å²) in [6.45, 7) is 0.405. The molecule has 0 spiro atoms. The summed E-state index contributed by atoms with van der Waals surface area (Å²) >= 11 is 0. The van der Waals surface area contributed by atoms with Gasteiger partial charge >= 0.3 is 6.09 Å². The van der Waals surface area contributed by atoms with Crippen molar-refractivity contribution in [2.24, 2.45) is 0 Å². The molecule has 142 valence electrons. The summed E-state index contributed by atoms with van der Waals surface area (Å²) in [7, 11) is 1.62. The lowest BCUT2D eigenvalue weighted by Crippen LogP contribution is -2.32. The van der Waals surface area contributed by atoms with Gasteiger partial charge in [-0.25, -0.2) is 4.79 Å². The van der Waals surface area contributed by atoms with Crippen LogP contribution < -0.4 is 0 Å². The number of amides is 1. The number of hydrogen-bond acceptors (Lipinski definition) is 4. The fourth-order valence-electron chi connectivity index (χ4n) is 3.72. The van der Waals surface area contributed by atoms with E-state index in [4.69, 9.17) is 4.74 Å². The maximum absolute atomic E-state index is 12.5. The quantitative estimate of drug-likeness (QED) is 0.733. The highest BCUT2D eigenvalue weighted by Gasteiger charge is 2.29. The summed E-state index contributed by atoms with van der Waals surface area (Å²) in [5.74, 6) is 0.0213. The molecule has 0 fully saturated rings. The molecule has 0 saturated heterocycles. The fraction of sp³-hybridized carbons (Fsp3) is 0.217. The minimum Gasteiger partial charge on any atom is -0.448 e. The van der Waals surface area contributed by atoms with Gasteiger partial charge in [0.1, 0.15) is 6.61 Å². The number of carbonyl (C=O) groups is 1. The molecule has 5 heteroatoms. The monoisotopic (exact) mass is 374 g/mol. The Labute approximate surface area is 164 Å². The van der Waals surface area contributed by atoms with Crippen molar-refractivity contribution in [1.82, 2.24) is 9.88 Å². The van der Waals surface area contributed by atoms with Gasteiger partial charge in [-0.1, -0.05) is 54.6 Å². The van der Waals surface area contributed by atoms with Crippen LogP contribution in [0.15, 0.2) is 73.1 Å². The number of fused-ring (bicyclic) bond motifs is 3. The summed E-state index contributed by atoms with van der Waals surface area (Å²) in [4.78, 5) is 17.9. The van der Waals surface area contributed by atoms with Gasteiger partial charge in [-0.2, -0.15) is 0 Å². The molecule has 1 N–H and O–H groups in total. The third-order valence-corrected chi connectivity index (χ3v) is 5.16. The van der Waals surface area contributed by atoms with Crippen LogP contribution in [-0.2, 0) is 4.74 Å². The Hall–Kier alpha value is -3.18. The van der Waals surface area contributed by atoms with Gasteiger partial charge in [-0.3, -0.25) is 4.98 Å². The number of hydrogen-bond donors (Lipinski definition) is 1. The zero-order chi connectivity index (χ0) is 19.5. The van der Waals surface area contributed by atoms with E-state index in [0.717, 1.165) is 0 Å². The number of carbonyl (C=O) groups excluding carboxylic acids is 1. The second-order valence-corrected chi connectivity index (χ2v) is 6.99. The van der Waals surface area contributed by atoms with Gasteiger partial charge in [0.25, 0.3) is 0 Å². The molecule has 3 aromatic rings. The number of nitrogens with zero attached hydrogens (tertiary/aromatic N) is 2. The van der Waals surface area contributed by atoms with Crippen LogP contribution in [0.3, 0.4) is 0 Å². The Morgan fingerprint density at radius 3 is 2.32 bits per heavy atom. The van der Waals surface area contributed by atoms with Crippen LogP contribution in [0.2, 0.25) is 0 Å². The van der Waals surface area contributed by atoms with Crippen LogP contribution in [0, 0.1) is 0 Å². The zero-order valence-corrected chi connectivity index (χ0v) is 15.7. The number of likely N-dealkylation sites (N-methyl/N-ethyl adjacent to an activating group) is 1. The zero-order valence-electron chi connectivity index (χ0n) is 15.7. The van der Waals surface area contributed by atoms with Gasteiger partial charge < -0.3 is 14.7 Å². The Morgan fingerprint density at radius 2 is 1.71 bits per heavy atom. The highest BCUT2D eigenvalue weighted by atomic mass is 16.6. The third-order valence-electron chi connectivity index (χ3n) is 5.16. The number of aliphatic hydroxyl groups is 1. The molecule has 4 rings (SSSR count). The first kappa shape index (κ1) is 18.2. The predicted molar refractivity (Wildman–Crippen MR) is 107 cm³/mol. The van der Waals surface area contributed by atoms with Gasteiger partial charge in [0.05, 0.1) is 12.6 Å². The molecule has 2 aromatic carbocycles. The summed E-state index contributed by atoms with van der Waals surface area (Å²) in [5, 5.41) is 10.3. The van der Waals surface area contributed by atoms with Crippen molar-refractivity contribution in [2.75, 3.05) is 20.2 Å². The van der Waals surface area contributed by atoms with Crippen molar-refractivity contribution in [2.45, 2.75) is 12.0 Å². The maximum Gasteiger partial charge on any atom is 0.409 e. The number of benzene rings is 2. The lowest BCUT2D eigenvalue weighted by atomic mass is 9.98. The highest BCUT2D eigenvalue weighted by Crippen LogP contribution is 2.44.